The molecule has 0 aromatic carbocycles. The lowest BCUT2D eigenvalue weighted by atomic mass is 10.1. The third-order valence-corrected chi connectivity index (χ3v) is 8.85. The second-order valence-corrected chi connectivity index (χ2v) is 13.1. The Morgan fingerprint density at radius 3 is 2.67 bits per heavy atom. The Kier molecular flexibility index (Phi) is 5.83. The number of hydrogen-bond donors (Lipinski definition) is 1. The first kappa shape index (κ1) is 24.6. The maximum absolute atomic E-state index is 13.0. The third-order valence-electron chi connectivity index (χ3n) is 6.74. The van der Waals surface area contributed by atoms with E-state index >= 15 is 0 Å². The summed E-state index contributed by atoms with van der Waals surface area (Å²) in [4.78, 5) is 29.1. The quantitative estimate of drug-likeness (QED) is 0.553. The third kappa shape index (κ3) is 4.34. The molecule has 3 aromatic heterocycles. The zero-order valence-corrected chi connectivity index (χ0v) is 22.1. The van der Waals surface area contributed by atoms with Crippen molar-refractivity contribution >= 4 is 32.5 Å². The predicted octanol–water partition coefficient (Wildman–Crippen LogP) is 4.17. The average Bonchev–Trinajstić information content (AvgIpc) is 3.51. The number of fused-ring (bicyclic) bond motifs is 1. The van der Waals surface area contributed by atoms with Gasteiger partial charge in [0.2, 0.25) is 0 Å². The molecule has 2 fully saturated rings. The minimum atomic E-state index is -2.89. The van der Waals surface area contributed by atoms with Crippen molar-refractivity contribution in [2.45, 2.75) is 56.9 Å². The summed E-state index contributed by atoms with van der Waals surface area (Å²) in [5.74, 6) is 1.14. The van der Waals surface area contributed by atoms with E-state index in [2.05, 4.69) is 16.8 Å². The molecule has 0 amide bonds. The van der Waals surface area contributed by atoms with E-state index in [1.54, 1.807) is 18.6 Å². The molecule has 4 heterocycles. The van der Waals surface area contributed by atoms with Gasteiger partial charge in [-0.1, -0.05) is 0 Å². The highest BCUT2D eigenvalue weighted by Crippen LogP contribution is 2.52. The molecule has 1 aliphatic heterocycles. The molecule has 2 aliphatic rings. The molecule has 2 atom stereocenters. The average molecular weight is 513 g/mol. The van der Waals surface area contributed by atoms with Gasteiger partial charge in [0.25, 0.3) is 0 Å². The SMILES string of the molecule is CC1COCCN1c1cc(C2(S(C)(=N)=O)CC2)nc(-c2cncc3c2ccn3C(=O)OC(C)(C)C)n1. The van der Waals surface area contributed by atoms with E-state index in [9.17, 15) is 9.00 Å². The molecule has 3 aromatic rings. The van der Waals surface area contributed by atoms with E-state index in [1.165, 1.54) is 10.8 Å². The number of ether oxygens (including phenoxy) is 2. The summed E-state index contributed by atoms with van der Waals surface area (Å²) in [6, 6.07) is 3.81. The van der Waals surface area contributed by atoms with E-state index < -0.39 is 26.2 Å². The number of carbonyl (C=O) groups is 1. The number of nitrogens with zero attached hydrogens (tertiary/aromatic N) is 5. The van der Waals surface area contributed by atoms with Crippen molar-refractivity contribution in [3.05, 3.63) is 36.4 Å². The number of pyridine rings is 1. The second kappa shape index (κ2) is 8.52. The highest BCUT2D eigenvalue weighted by molar-refractivity contribution is 7.93. The van der Waals surface area contributed by atoms with E-state index in [4.69, 9.17) is 24.2 Å². The number of anilines is 1. The van der Waals surface area contributed by atoms with Gasteiger partial charge in [0, 0.05) is 42.2 Å². The minimum absolute atomic E-state index is 0.105. The fourth-order valence-corrected chi connectivity index (χ4v) is 6.05. The molecule has 2 unspecified atom stereocenters. The first-order chi connectivity index (χ1) is 16.9. The lowest BCUT2D eigenvalue weighted by Crippen LogP contribution is -2.44. The summed E-state index contributed by atoms with van der Waals surface area (Å²) in [5.41, 5.74) is 1.22. The van der Waals surface area contributed by atoms with Crippen LogP contribution in [0.2, 0.25) is 0 Å². The first-order valence-electron chi connectivity index (χ1n) is 12.1. The lowest BCUT2D eigenvalue weighted by molar-refractivity contribution is 0.0544. The van der Waals surface area contributed by atoms with Crippen LogP contribution in [0.5, 0.6) is 0 Å². The summed E-state index contributed by atoms with van der Waals surface area (Å²) in [6.45, 7) is 9.37. The van der Waals surface area contributed by atoms with Crippen molar-refractivity contribution < 1.29 is 18.5 Å². The molecule has 5 rings (SSSR count). The summed E-state index contributed by atoms with van der Waals surface area (Å²) in [6.07, 6.45) is 7.24. The highest BCUT2D eigenvalue weighted by Gasteiger charge is 2.53. The minimum Gasteiger partial charge on any atom is -0.443 e. The zero-order valence-electron chi connectivity index (χ0n) is 21.3. The molecule has 0 spiro atoms. The van der Waals surface area contributed by atoms with E-state index in [0.717, 1.165) is 5.39 Å². The van der Waals surface area contributed by atoms with Crippen molar-refractivity contribution in [3.8, 4) is 11.4 Å². The van der Waals surface area contributed by atoms with Crippen LogP contribution in [0.15, 0.2) is 30.7 Å². The van der Waals surface area contributed by atoms with Crippen molar-refractivity contribution in [1.82, 2.24) is 19.5 Å². The maximum atomic E-state index is 13.0. The number of carbonyl (C=O) groups excluding carboxylic acids is 1. The fourth-order valence-electron chi connectivity index (χ4n) is 4.67. The number of morpholine rings is 1. The topological polar surface area (TPSA) is 123 Å². The van der Waals surface area contributed by atoms with Crippen molar-refractivity contribution in [2.75, 3.05) is 30.9 Å². The molecule has 0 radical (unpaired) electrons. The monoisotopic (exact) mass is 512 g/mol. The Morgan fingerprint density at radius 2 is 2.03 bits per heavy atom. The molecule has 1 aliphatic carbocycles. The van der Waals surface area contributed by atoms with E-state index in [-0.39, 0.29) is 6.04 Å². The van der Waals surface area contributed by atoms with E-state index in [1.807, 2.05) is 32.9 Å². The van der Waals surface area contributed by atoms with E-state index in [0.29, 0.717) is 61.0 Å². The Labute approximate surface area is 211 Å². The molecule has 36 heavy (non-hydrogen) atoms. The Hall–Kier alpha value is -3.05. The van der Waals surface area contributed by atoms with Crippen molar-refractivity contribution in [2.24, 2.45) is 0 Å². The summed E-state index contributed by atoms with van der Waals surface area (Å²) in [7, 11) is -2.89. The van der Waals surface area contributed by atoms with Crippen LogP contribution in [-0.4, -0.2) is 67.5 Å². The van der Waals surface area contributed by atoms with Gasteiger partial charge in [-0.3, -0.25) is 14.3 Å². The van der Waals surface area contributed by atoms with Crippen LogP contribution in [-0.2, 0) is 23.9 Å². The van der Waals surface area contributed by atoms with Crippen LogP contribution in [0.25, 0.3) is 22.3 Å². The molecule has 192 valence electrons. The molecule has 0 bridgehead atoms. The fraction of sp³-hybridized carbons (Fsp3) is 0.520. The Morgan fingerprint density at radius 1 is 1.28 bits per heavy atom. The molecule has 11 heteroatoms. The van der Waals surface area contributed by atoms with Crippen LogP contribution < -0.4 is 4.90 Å². The second-order valence-electron chi connectivity index (χ2n) is 10.7. The van der Waals surface area contributed by atoms with Crippen LogP contribution in [0.1, 0.15) is 46.2 Å². The molecule has 1 saturated carbocycles. The predicted molar refractivity (Wildman–Crippen MR) is 138 cm³/mol. The molecule has 1 saturated heterocycles. The highest BCUT2D eigenvalue weighted by atomic mass is 32.2. The van der Waals surface area contributed by atoms with Gasteiger partial charge in [-0.05, 0) is 46.6 Å². The number of hydrogen-bond acceptors (Lipinski definition) is 9. The van der Waals surface area contributed by atoms with Crippen LogP contribution in [0.4, 0.5) is 10.6 Å². The van der Waals surface area contributed by atoms with Gasteiger partial charge in [0.15, 0.2) is 5.82 Å². The number of aromatic nitrogens is 4. The summed E-state index contributed by atoms with van der Waals surface area (Å²) >= 11 is 0. The van der Waals surface area contributed by atoms with Gasteiger partial charge in [-0.25, -0.2) is 19.0 Å². The van der Waals surface area contributed by atoms with Crippen molar-refractivity contribution in [3.63, 3.8) is 0 Å². The van der Waals surface area contributed by atoms with Gasteiger partial charge in [-0.15, -0.1) is 0 Å². The summed E-state index contributed by atoms with van der Waals surface area (Å²) in [5, 5.41) is 0.752. The normalized spacial score (nSPS) is 21.2. The molecule has 1 N–H and O–H groups in total. The Balaban J connectivity index is 1.66. The van der Waals surface area contributed by atoms with Crippen LogP contribution in [0.3, 0.4) is 0 Å². The smallest absolute Gasteiger partial charge is 0.419 e. The summed E-state index contributed by atoms with van der Waals surface area (Å²) < 4.78 is 33.2. The lowest BCUT2D eigenvalue weighted by Gasteiger charge is -2.34. The van der Waals surface area contributed by atoms with Gasteiger partial charge in [0.1, 0.15) is 11.4 Å². The van der Waals surface area contributed by atoms with Gasteiger partial charge >= 0.3 is 6.09 Å². The van der Waals surface area contributed by atoms with Crippen molar-refractivity contribution in [1.29, 1.82) is 4.78 Å². The standard InChI is InChI=1S/C25H32N6O4S/c1-16-15-34-11-10-30(16)21-12-20(25(7-8-25)36(5,26)33)28-22(29-21)18-13-27-14-19-17(18)6-9-31(19)23(32)35-24(2,3)4/h6,9,12-14,16,26H,7-8,10-11,15H2,1-5H3. The number of nitrogens with one attached hydrogen (secondary N) is 1. The van der Waals surface area contributed by atoms with Gasteiger partial charge < -0.3 is 14.4 Å². The maximum Gasteiger partial charge on any atom is 0.419 e. The molecular weight excluding hydrogens is 480 g/mol. The largest absolute Gasteiger partial charge is 0.443 e. The molecule has 10 nitrogen and oxygen atoms in total. The number of rotatable bonds is 4. The molecular formula is C25H32N6O4S. The van der Waals surface area contributed by atoms with Gasteiger partial charge in [0.05, 0.1) is 51.1 Å². The van der Waals surface area contributed by atoms with Crippen LogP contribution in [0, 0.1) is 4.78 Å². The van der Waals surface area contributed by atoms with Gasteiger partial charge in [-0.2, -0.15) is 0 Å². The van der Waals surface area contributed by atoms with Crippen LogP contribution >= 0.6 is 0 Å². The first-order valence-corrected chi connectivity index (χ1v) is 14.0. The zero-order chi connectivity index (χ0) is 25.9. The Bertz CT molecular complexity index is 1440.